The molecule has 0 radical (unpaired) electrons. The first-order valence-corrected chi connectivity index (χ1v) is 12.6. The number of methoxy groups -OCH3 is 1. The highest BCUT2D eigenvalue weighted by molar-refractivity contribution is 6.74. The van der Waals surface area contributed by atoms with Gasteiger partial charge in [-0.3, -0.25) is 4.79 Å². The predicted octanol–water partition coefficient (Wildman–Crippen LogP) is 4.97. The van der Waals surface area contributed by atoms with Gasteiger partial charge in [-0.15, -0.1) is 0 Å². The van der Waals surface area contributed by atoms with Gasteiger partial charge in [0.1, 0.15) is 5.75 Å². The number of hydrogen-bond donors (Lipinski definition) is 1. The van der Waals surface area contributed by atoms with E-state index in [0.29, 0.717) is 23.6 Å². The van der Waals surface area contributed by atoms with Gasteiger partial charge in [-0.05, 0) is 55.2 Å². The summed E-state index contributed by atoms with van der Waals surface area (Å²) in [5.41, 5.74) is 8.10. The summed E-state index contributed by atoms with van der Waals surface area (Å²) >= 11 is 0. The number of nitrogen functional groups attached to an aromatic ring is 1. The Morgan fingerprint density at radius 2 is 2.04 bits per heavy atom. The highest BCUT2D eigenvalue weighted by Crippen LogP contribution is 2.37. The van der Waals surface area contributed by atoms with Gasteiger partial charge in [0.05, 0.1) is 25.3 Å². The molecule has 1 aromatic rings. The molecule has 2 N–H and O–H groups in total. The van der Waals surface area contributed by atoms with E-state index in [9.17, 15) is 4.79 Å². The molecule has 0 aliphatic carbocycles. The average molecular weight is 403 g/mol. The molecule has 2 rings (SSSR count). The lowest BCUT2D eigenvalue weighted by atomic mass is 10.1. The number of anilines is 1. The molecule has 0 bridgehead atoms. The third-order valence-corrected chi connectivity index (χ3v) is 10.2. The number of carbonyl (C=O) groups excluding carboxylic acids is 1. The van der Waals surface area contributed by atoms with Gasteiger partial charge in [-0.1, -0.05) is 32.9 Å². The number of carbonyl (C=O) groups is 1. The average Bonchev–Trinajstić information content (AvgIpc) is 3.02. The number of rotatable bonds is 6. The summed E-state index contributed by atoms with van der Waals surface area (Å²) in [6, 6.07) is 5.12. The van der Waals surface area contributed by atoms with Gasteiger partial charge < -0.3 is 19.8 Å². The van der Waals surface area contributed by atoms with Crippen molar-refractivity contribution in [3.8, 4) is 5.75 Å². The Balaban J connectivity index is 2.28. The van der Waals surface area contributed by atoms with E-state index in [1.54, 1.807) is 30.2 Å². The first-order valence-electron chi connectivity index (χ1n) is 9.73. The monoisotopic (exact) mass is 402 g/mol. The maximum Gasteiger partial charge on any atom is 0.260 e. The number of ether oxygens (including phenoxy) is 1. The first kappa shape index (κ1) is 22.2. The van der Waals surface area contributed by atoms with Gasteiger partial charge in [0.25, 0.3) is 5.91 Å². The SMILES string of the molecule is C/C=C/C1=CN(C(=O)c2cc(OC)ccc2N)[C@H](CO[Si](C)(C)C(C)(C)C)C1. The highest BCUT2D eigenvalue weighted by Gasteiger charge is 2.39. The molecule has 5 nitrogen and oxygen atoms in total. The zero-order chi connectivity index (χ0) is 21.1. The molecule has 0 saturated carbocycles. The lowest BCUT2D eigenvalue weighted by Crippen LogP contribution is -2.45. The maximum atomic E-state index is 13.3. The number of amides is 1. The molecule has 154 valence electrons. The quantitative estimate of drug-likeness (QED) is 0.539. The van der Waals surface area contributed by atoms with Crippen molar-refractivity contribution >= 4 is 19.9 Å². The van der Waals surface area contributed by atoms with Crippen molar-refractivity contribution in [2.45, 2.75) is 58.3 Å². The van der Waals surface area contributed by atoms with Crippen LogP contribution in [0.15, 0.2) is 42.1 Å². The first-order chi connectivity index (χ1) is 13.0. The number of benzene rings is 1. The molecule has 0 fully saturated rings. The predicted molar refractivity (Wildman–Crippen MR) is 118 cm³/mol. The summed E-state index contributed by atoms with van der Waals surface area (Å²) in [4.78, 5) is 15.1. The van der Waals surface area contributed by atoms with Crippen molar-refractivity contribution in [3.63, 3.8) is 0 Å². The van der Waals surface area contributed by atoms with Gasteiger partial charge in [0.15, 0.2) is 8.32 Å². The van der Waals surface area contributed by atoms with E-state index < -0.39 is 8.32 Å². The fourth-order valence-electron chi connectivity index (χ4n) is 2.90. The Labute approximate surface area is 170 Å². The molecular weight excluding hydrogens is 368 g/mol. The second-order valence-corrected chi connectivity index (χ2v) is 13.6. The summed E-state index contributed by atoms with van der Waals surface area (Å²) in [7, 11) is -0.327. The van der Waals surface area contributed by atoms with Crippen LogP contribution in [0.5, 0.6) is 5.75 Å². The third-order valence-electron chi connectivity index (χ3n) is 5.72. The van der Waals surface area contributed by atoms with Crippen LogP contribution in [-0.2, 0) is 4.43 Å². The van der Waals surface area contributed by atoms with Crippen LogP contribution in [0.1, 0.15) is 44.5 Å². The smallest absolute Gasteiger partial charge is 0.260 e. The van der Waals surface area contributed by atoms with Gasteiger partial charge in [-0.25, -0.2) is 0 Å². The number of nitrogens with zero attached hydrogens (tertiary/aromatic N) is 1. The zero-order valence-electron chi connectivity index (χ0n) is 18.2. The molecular formula is C22H34N2O3Si. The molecule has 6 heteroatoms. The van der Waals surface area contributed by atoms with E-state index >= 15 is 0 Å². The van der Waals surface area contributed by atoms with Crippen LogP contribution in [-0.4, -0.2) is 38.9 Å². The lowest BCUT2D eigenvalue weighted by molar-refractivity contribution is 0.0738. The van der Waals surface area contributed by atoms with Crippen LogP contribution in [0.25, 0.3) is 0 Å². The van der Waals surface area contributed by atoms with E-state index in [0.717, 1.165) is 12.0 Å². The Morgan fingerprint density at radius 3 is 2.61 bits per heavy atom. The summed E-state index contributed by atoms with van der Waals surface area (Å²) < 4.78 is 11.7. The molecule has 1 aliphatic heterocycles. The van der Waals surface area contributed by atoms with Crippen molar-refractivity contribution in [1.82, 2.24) is 4.90 Å². The van der Waals surface area contributed by atoms with Gasteiger partial charge in [-0.2, -0.15) is 0 Å². The molecule has 0 saturated heterocycles. The Hall–Kier alpha value is -2.05. The van der Waals surface area contributed by atoms with Gasteiger partial charge in [0.2, 0.25) is 0 Å². The molecule has 28 heavy (non-hydrogen) atoms. The van der Waals surface area contributed by atoms with Crippen molar-refractivity contribution in [2.24, 2.45) is 0 Å². The number of allylic oxidation sites excluding steroid dienone is 2. The van der Waals surface area contributed by atoms with E-state index in [1.165, 1.54) is 0 Å². The Morgan fingerprint density at radius 1 is 1.36 bits per heavy atom. The van der Waals surface area contributed by atoms with Crippen molar-refractivity contribution in [3.05, 3.63) is 47.7 Å². The molecule has 0 aromatic heterocycles. The number of nitrogens with two attached hydrogens (primary N) is 1. The summed E-state index contributed by atoms with van der Waals surface area (Å²) in [5, 5.41) is 0.122. The van der Waals surface area contributed by atoms with Crippen LogP contribution in [0.2, 0.25) is 18.1 Å². The van der Waals surface area contributed by atoms with Crippen LogP contribution < -0.4 is 10.5 Å². The minimum Gasteiger partial charge on any atom is -0.497 e. The van der Waals surface area contributed by atoms with E-state index in [4.69, 9.17) is 14.9 Å². The standard InChI is InChI=1S/C22H34N2O3Si/c1-8-9-16-12-17(15-27-28(6,7)22(2,3)4)24(14-16)21(25)19-13-18(26-5)10-11-20(19)23/h8-11,13-14,17H,12,15,23H2,1-7H3/b9-8+/t17-/m0/s1. The Kier molecular flexibility index (Phi) is 6.78. The van der Waals surface area contributed by atoms with Crippen LogP contribution in [0.4, 0.5) is 5.69 Å². The maximum absolute atomic E-state index is 13.3. The number of hydrogen-bond acceptors (Lipinski definition) is 4. The summed E-state index contributed by atoms with van der Waals surface area (Å²) in [6.07, 6.45) is 6.72. The van der Waals surface area contributed by atoms with Gasteiger partial charge in [0, 0.05) is 11.9 Å². The van der Waals surface area contributed by atoms with Crippen molar-refractivity contribution in [2.75, 3.05) is 19.5 Å². The summed E-state index contributed by atoms with van der Waals surface area (Å²) in [6.45, 7) is 13.6. The lowest BCUT2D eigenvalue weighted by Gasteiger charge is -2.38. The normalized spacial score (nSPS) is 17.9. The summed E-state index contributed by atoms with van der Waals surface area (Å²) in [5.74, 6) is 0.489. The molecule has 1 aliphatic rings. The van der Waals surface area contributed by atoms with E-state index in [2.05, 4.69) is 33.9 Å². The fourth-order valence-corrected chi connectivity index (χ4v) is 3.95. The second kappa shape index (κ2) is 8.53. The molecule has 1 amide bonds. The van der Waals surface area contributed by atoms with E-state index in [1.807, 2.05) is 25.3 Å². The minimum atomic E-state index is -1.91. The largest absolute Gasteiger partial charge is 0.497 e. The fraction of sp³-hybridized carbons (Fsp3) is 0.500. The van der Waals surface area contributed by atoms with Crippen LogP contribution in [0, 0.1) is 0 Å². The van der Waals surface area contributed by atoms with Crippen LogP contribution in [0.3, 0.4) is 0 Å². The zero-order valence-corrected chi connectivity index (χ0v) is 19.2. The molecule has 1 aromatic carbocycles. The third kappa shape index (κ3) is 4.86. The minimum absolute atomic E-state index is 0.0431. The van der Waals surface area contributed by atoms with Crippen LogP contribution >= 0.6 is 0 Å². The molecule has 1 heterocycles. The Bertz CT molecular complexity index is 778. The highest BCUT2D eigenvalue weighted by atomic mass is 28.4. The van der Waals surface area contributed by atoms with Crippen molar-refractivity contribution < 1.29 is 14.0 Å². The molecule has 1 atom stereocenters. The molecule has 0 unspecified atom stereocenters. The van der Waals surface area contributed by atoms with Crippen molar-refractivity contribution in [1.29, 1.82) is 0 Å². The topological polar surface area (TPSA) is 64.8 Å². The van der Waals surface area contributed by atoms with E-state index in [-0.39, 0.29) is 17.0 Å². The second-order valence-electron chi connectivity index (χ2n) is 8.80. The molecule has 0 spiro atoms. The van der Waals surface area contributed by atoms with Gasteiger partial charge >= 0.3 is 0 Å².